The predicted octanol–water partition coefficient (Wildman–Crippen LogP) is 5.31. The fourth-order valence-corrected chi connectivity index (χ4v) is 4.46. The fourth-order valence-electron chi connectivity index (χ4n) is 4.46. The number of carbonyl (C=O) groups is 1. The average Bonchev–Trinajstić information content (AvgIpc) is 3.41. The summed E-state index contributed by atoms with van der Waals surface area (Å²) in [6.07, 6.45) is 3.23. The first-order chi connectivity index (χ1) is 16.0. The number of hydrogen-bond donors (Lipinski definition) is 0. The van der Waals surface area contributed by atoms with Crippen LogP contribution in [0.1, 0.15) is 44.6 Å². The third-order valence-electron chi connectivity index (χ3n) is 5.87. The molecule has 1 atom stereocenters. The molecule has 0 radical (unpaired) electrons. The minimum Gasteiger partial charge on any atom is -0.490 e. The monoisotopic (exact) mass is 441 g/mol. The molecule has 1 aliphatic rings. The maximum Gasteiger partial charge on any atom is 0.291 e. The second-order valence-corrected chi connectivity index (χ2v) is 8.22. The molecule has 2 aromatic heterocycles. The van der Waals surface area contributed by atoms with Crippen LogP contribution in [0.4, 0.5) is 0 Å². The van der Waals surface area contributed by atoms with E-state index in [1.807, 2.05) is 50.2 Å². The molecule has 0 spiro atoms. The van der Waals surface area contributed by atoms with Gasteiger partial charge in [0.1, 0.15) is 23.7 Å². The van der Waals surface area contributed by atoms with Gasteiger partial charge < -0.3 is 18.5 Å². The molecular weight excluding hydrogens is 418 g/mol. The SMILES string of the molecule is C=CCOc1ccc(C2c3c(oc4c(C)cc(C)cc4c3=O)C(=O)N2Cc2ccco2)cc1. The third kappa shape index (κ3) is 3.53. The molecule has 0 bridgehead atoms. The van der Waals surface area contributed by atoms with Gasteiger partial charge in [0.05, 0.1) is 29.8 Å². The Labute approximate surface area is 190 Å². The molecule has 166 valence electrons. The summed E-state index contributed by atoms with van der Waals surface area (Å²) < 4.78 is 17.2. The highest BCUT2D eigenvalue weighted by Crippen LogP contribution is 2.40. The lowest BCUT2D eigenvalue weighted by Crippen LogP contribution is -2.29. The van der Waals surface area contributed by atoms with Gasteiger partial charge in [-0.2, -0.15) is 0 Å². The van der Waals surface area contributed by atoms with Crippen LogP contribution in [0.15, 0.2) is 81.1 Å². The number of furan rings is 1. The topological polar surface area (TPSA) is 72.9 Å². The molecule has 0 fully saturated rings. The Kier molecular flexibility index (Phi) is 5.13. The van der Waals surface area contributed by atoms with Gasteiger partial charge in [-0.05, 0) is 60.9 Å². The van der Waals surface area contributed by atoms with Gasteiger partial charge in [0.25, 0.3) is 5.91 Å². The highest BCUT2D eigenvalue weighted by atomic mass is 16.5. The Morgan fingerprint density at radius 2 is 1.91 bits per heavy atom. The molecule has 0 aliphatic carbocycles. The van der Waals surface area contributed by atoms with Crippen molar-refractivity contribution in [2.45, 2.75) is 26.4 Å². The van der Waals surface area contributed by atoms with E-state index in [9.17, 15) is 9.59 Å². The molecule has 0 saturated carbocycles. The van der Waals surface area contributed by atoms with Crippen molar-refractivity contribution in [2.24, 2.45) is 0 Å². The Balaban J connectivity index is 1.69. The first-order valence-electron chi connectivity index (χ1n) is 10.7. The van der Waals surface area contributed by atoms with Crippen molar-refractivity contribution >= 4 is 16.9 Å². The van der Waals surface area contributed by atoms with E-state index in [-0.39, 0.29) is 23.6 Å². The van der Waals surface area contributed by atoms with Crippen LogP contribution in [-0.2, 0) is 6.54 Å². The summed E-state index contributed by atoms with van der Waals surface area (Å²) in [6, 6.07) is 14.1. The maximum atomic E-state index is 13.7. The van der Waals surface area contributed by atoms with Crippen LogP contribution in [0, 0.1) is 13.8 Å². The zero-order valence-corrected chi connectivity index (χ0v) is 18.5. The first-order valence-corrected chi connectivity index (χ1v) is 10.7. The van der Waals surface area contributed by atoms with Gasteiger partial charge in [0.15, 0.2) is 5.43 Å². The van der Waals surface area contributed by atoms with Gasteiger partial charge in [-0.3, -0.25) is 9.59 Å². The number of carbonyl (C=O) groups excluding carboxylic acids is 1. The number of ether oxygens (including phenoxy) is 1. The van der Waals surface area contributed by atoms with Crippen LogP contribution >= 0.6 is 0 Å². The molecule has 5 rings (SSSR count). The molecule has 3 heterocycles. The molecule has 1 aliphatic heterocycles. The number of amides is 1. The second kappa shape index (κ2) is 8.13. The molecule has 33 heavy (non-hydrogen) atoms. The van der Waals surface area contributed by atoms with Crippen LogP contribution in [0.3, 0.4) is 0 Å². The fraction of sp³-hybridized carbons (Fsp3) is 0.185. The van der Waals surface area contributed by atoms with Gasteiger partial charge in [-0.15, -0.1) is 0 Å². The third-order valence-corrected chi connectivity index (χ3v) is 5.87. The largest absolute Gasteiger partial charge is 0.490 e. The Morgan fingerprint density at radius 1 is 1.12 bits per heavy atom. The normalized spacial score (nSPS) is 15.2. The summed E-state index contributed by atoms with van der Waals surface area (Å²) in [6.45, 7) is 8.08. The van der Waals surface area contributed by atoms with Crippen LogP contribution < -0.4 is 10.2 Å². The van der Waals surface area contributed by atoms with Crippen molar-refractivity contribution in [3.63, 3.8) is 0 Å². The minimum atomic E-state index is -0.604. The minimum absolute atomic E-state index is 0.0861. The summed E-state index contributed by atoms with van der Waals surface area (Å²) in [5.41, 5.74) is 3.18. The van der Waals surface area contributed by atoms with E-state index >= 15 is 0 Å². The standard InChI is InChI=1S/C27H23NO5/c1-4-11-31-19-9-7-18(8-10-19)23-22-24(29)21-14-16(2)13-17(3)25(21)33-26(22)27(30)28(23)15-20-6-5-12-32-20/h4-10,12-14,23H,1,11,15H2,2-3H3. The van der Waals surface area contributed by atoms with E-state index < -0.39 is 6.04 Å². The lowest BCUT2D eigenvalue weighted by atomic mass is 9.97. The first kappa shape index (κ1) is 20.8. The highest BCUT2D eigenvalue weighted by molar-refractivity contribution is 5.99. The molecule has 1 unspecified atom stereocenters. The Morgan fingerprint density at radius 3 is 2.61 bits per heavy atom. The molecule has 0 N–H and O–H groups in total. The number of fused-ring (bicyclic) bond motifs is 2. The quantitative estimate of drug-likeness (QED) is 0.379. The molecule has 1 amide bonds. The molecule has 6 heteroatoms. The number of nitrogens with zero attached hydrogens (tertiary/aromatic N) is 1. The molecule has 4 aromatic rings. The Bertz CT molecular complexity index is 1410. The van der Waals surface area contributed by atoms with Crippen LogP contribution in [0.25, 0.3) is 11.0 Å². The van der Waals surface area contributed by atoms with Crippen molar-refractivity contribution in [3.8, 4) is 5.75 Å². The van der Waals surface area contributed by atoms with Crippen molar-refractivity contribution < 1.29 is 18.4 Å². The molecule has 0 saturated heterocycles. The summed E-state index contributed by atoms with van der Waals surface area (Å²) in [5.74, 6) is 1.05. The van der Waals surface area contributed by atoms with E-state index in [4.69, 9.17) is 13.6 Å². The van der Waals surface area contributed by atoms with Gasteiger partial charge in [-0.1, -0.05) is 30.9 Å². The van der Waals surface area contributed by atoms with E-state index in [0.717, 1.165) is 16.7 Å². The van der Waals surface area contributed by atoms with Crippen molar-refractivity contribution in [2.75, 3.05) is 6.61 Å². The smallest absolute Gasteiger partial charge is 0.291 e. The van der Waals surface area contributed by atoms with Crippen molar-refractivity contribution in [1.29, 1.82) is 0 Å². The van der Waals surface area contributed by atoms with Crippen LogP contribution in [-0.4, -0.2) is 17.4 Å². The average molecular weight is 441 g/mol. The van der Waals surface area contributed by atoms with E-state index in [1.165, 1.54) is 0 Å². The highest BCUT2D eigenvalue weighted by Gasteiger charge is 2.43. The summed E-state index contributed by atoms with van der Waals surface area (Å²) in [7, 11) is 0. The molecular formula is C27H23NO5. The van der Waals surface area contributed by atoms with Gasteiger partial charge >= 0.3 is 0 Å². The lowest BCUT2D eigenvalue weighted by molar-refractivity contribution is 0.0701. The van der Waals surface area contributed by atoms with E-state index in [1.54, 1.807) is 29.4 Å². The second-order valence-electron chi connectivity index (χ2n) is 8.22. The predicted molar refractivity (Wildman–Crippen MR) is 125 cm³/mol. The number of aryl methyl sites for hydroxylation is 2. The summed E-state index contributed by atoms with van der Waals surface area (Å²) in [5, 5.41) is 0.481. The van der Waals surface area contributed by atoms with Gasteiger partial charge in [0.2, 0.25) is 5.76 Å². The van der Waals surface area contributed by atoms with Crippen molar-refractivity contribution in [3.05, 3.63) is 111 Å². The van der Waals surface area contributed by atoms with Gasteiger partial charge in [0, 0.05) is 0 Å². The zero-order chi connectivity index (χ0) is 23.1. The van der Waals surface area contributed by atoms with E-state index in [2.05, 4.69) is 6.58 Å². The Hall–Kier alpha value is -4.06. The van der Waals surface area contributed by atoms with Crippen LogP contribution in [0.2, 0.25) is 0 Å². The number of hydrogen-bond acceptors (Lipinski definition) is 5. The number of rotatable bonds is 6. The summed E-state index contributed by atoms with van der Waals surface area (Å²) >= 11 is 0. The molecule has 2 aromatic carbocycles. The zero-order valence-electron chi connectivity index (χ0n) is 18.5. The molecule has 6 nitrogen and oxygen atoms in total. The number of benzene rings is 2. The van der Waals surface area contributed by atoms with E-state index in [0.29, 0.717) is 34.6 Å². The maximum absolute atomic E-state index is 13.7. The lowest BCUT2D eigenvalue weighted by Gasteiger charge is -2.24. The summed E-state index contributed by atoms with van der Waals surface area (Å²) in [4.78, 5) is 28.8. The van der Waals surface area contributed by atoms with Gasteiger partial charge in [-0.25, -0.2) is 0 Å². The van der Waals surface area contributed by atoms with Crippen LogP contribution in [0.5, 0.6) is 5.75 Å². The van der Waals surface area contributed by atoms with Crippen molar-refractivity contribution in [1.82, 2.24) is 4.90 Å².